The lowest BCUT2D eigenvalue weighted by Gasteiger charge is -2.32. The van der Waals surface area contributed by atoms with Crippen LogP contribution in [0.1, 0.15) is 46.5 Å². The van der Waals surface area contributed by atoms with Crippen LogP contribution in [0.3, 0.4) is 0 Å². The molecule has 1 unspecified atom stereocenters. The SMILES string of the molecule is CCCCC(CC)(Nc1ccccc1Cl)C(=O)OCC. The Hall–Kier alpha value is -1.22. The summed E-state index contributed by atoms with van der Waals surface area (Å²) in [4.78, 5) is 12.4. The molecule has 3 nitrogen and oxygen atoms in total. The smallest absolute Gasteiger partial charge is 0.331 e. The molecule has 0 heterocycles. The number of carbonyl (C=O) groups is 1. The molecule has 0 bridgehead atoms. The number of halogens is 1. The number of carbonyl (C=O) groups excluding carboxylic acids is 1. The second-order valence-corrected chi connectivity index (χ2v) is 5.27. The van der Waals surface area contributed by atoms with Gasteiger partial charge in [0.15, 0.2) is 0 Å². The largest absolute Gasteiger partial charge is 0.464 e. The van der Waals surface area contributed by atoms with E-state index in [0.29, 0.717) is 18.1 Å². The average Bonchev–Trinajstić information content (AvgIpc) is 2.46. The van der Waals surface area contributed by atoms with Crippen LogP contribution in [0, 0.1) is 0 Å². The van der Waals surface area contributed by atoms with Gasteiger partial charge in [-0.15, -0.1) is 0 Å². The van der Waals surface area contributed by atoms with Crippen LogP contribution in [0.2, 0.25) is 5.02 Å². The van der Waals surface area contributed by atoms with Crippen molar-refractivity contribution in [2.45, 2.75) is 52.0 Å². The second kappa shape index (κ2) is 8.15. The molecule has 1 N–H and O–H groups in total. The topological polar surface area (TPSA) is 38.3 Å². The Kier molecular flexibility index (Phi) is 6.86. The summed E-state index contributed by atoms with van der Waals surface area (Å²) in [5, 5.41) is 3.94. The van der Waals surface area contributed by atoms with E-state index in [1.807, 2.05) is 38.1 Å². The molecule has 0 aliphatic heterocycles. The maximum Gasteiger partial charge on any atom is 0.331 e. The molecular formula is C16H24ClNO2. The molecule has 0 saturated heterocycles. The highest BCUT2D eigenvalue weighted by molar-refractivity contribution is 6.33. The van der Waals surface area contributed by atoms with Gasteiger partial charge in [0, 0.05) is 0 Å². The van der Waals surface area contributed by atoms with E-state index in [1.165, 1.54) is 0 Å². The first kappa shape index (κ1) is 16.8. The minimum Gasteiger partial charge on any atom is -0.464 e. The lowest BCUT2D eigenvalue weighted by atomic mass is 9.89. The molecule has 0 fully saturated rings. The van der Waals surface area contributed by atoms with Gasteiger partial charge < -0.3 is 10.1 Å². The van der Waals surface area contributed by atoms with Gasteiger partial charge >= 0.3 is 5.97 Å². The van der Waals surface area contributed by atoms with E-state index in [9.17, 15) is 4.79 Å². The third-order valence-electron chi connectivity index (χ3n) is 3.47. The number of hydrogen-bond acceptors (Lipinski definition) is 3. The van der Waals surface area contributed by atoms with E-state index in [2.05, 4.69) is 12.2 Å². The fourth-order valence-electron chi connectivity index (χ4n) is 2.19. The van der Waals surface area contributed by atoms with Crippen LogP contribution >= 0.6 is 11.6 Å². The van der Waals surface area contributed by atoms with Gasteiger partial charge in [0.25, 0.3) is 0 Å². The molecule has 0 aliphatic rings. The van der Waals surface area contributed by atoms with Gasteiger partial charge in [-0.25, -0.2) is 4.79 Å². The number of unbranched alkanes of at least 4 members (excludes halogenated alkanes) is 1. The zero-order valence-corrected chi connectivity index (χ0v) is 13.3. The minimum atomic E-state index is -0.697. The number of esters is 1. The molecule has 1 aromatic rings. The number of ether oxygens (including phenoxy) is 1. The van der Waals surface area contributed by atoms with E-state index in [0.717, 1.165) is 24.9 Å². The zero-order valence-electron chi connectivity index (χ0n) is 12.5. The van der Waals surface area contributed by atoms with Crippen LogP contribution < -0.4 is 5.32 Å². The van der Waals surface area contributed by atoms with E-state index >= 15 is 0 Å². The van der Waals surface area contributed by atoms with Crippen LogP contribution in [-0.2, 0) is 9.53 Å². The van der Waals surface area contributed by atoms with Gasteiger partial charge in [-0.2, -0.15) is 0 Å². The highest BCUT2D eigenvalue weighted by Crippen LogP contribution is 2.30. The molecule has 1 atom stereocenters. The number of benzene rings is 1. The Morgan fingerprint density at radius 1 is 1.30 bits per heavy atom. The fourth-order valence-corrected chi connectivity index (χ4v) is 2.38. The standard InChI is InChI=1S/C16H24ClNO2/c1-4-7-12-16(5-2,15(19)20-6-3)18-14-11-9-8-10-13(14)17/h8-11,18H,4-7,12H2,1-3H3. The van der Waals surface area contributed by atoms with Crippen molar-refractivity contribution in [3.63, 3.8) is 0 Å². The van der Waals surface area contributed by atoms with Crippen molar-refractivity contribution >= 4 is 23.3 Å². The van der Waals surface area contributed by atoms with Crippen LogP contribution in [0.5, 0.6) is 0 Å². The lowest BCUT2D eigenvalue weighted by molar-refractivity contribution is -0.149. The Balaban J connectivity index is 3.02. The molecule has 0 aromatic heterocycles. The van der Waals surface area contributed by atoms with Crippen LogP contribution in [0.4, 0.5) is 5.69 Å². The summed E-state index contributed by atoms with van der Waals surface area (Å²) < 4.78 is 5.26. The average molecular weight is 298 g/mol. The van der Waals surface area contributed by atoms with E-state index in [1.54, 1.807) is 0 Å². The predicted octanol–water partition coefficient (Wildman–Crippen LogP) is 4.65. The molecule has 1 aromatic carbocycles. The van der Waals surface area contributed by atoms with Gasteiger partial charge in [0.05, 0.1) is 17.3 Å². The van der Waals surface area contributed by atoms with Gasteiger partial charge in [-0.1, -0.05) is 50.4 Å². The van der Waals surface area contributed by atoms with Crippen molar-refractivity contribution in [3.05, 3.63) is 29.3 Å². The minimum absolute atomic E-state index is 0.198. The summed E-state index contributed by atoms with van der Waals surface area (Å²) in [6, 6.07) is 7.48. The van der Waals surface area contributed by atoms with Crippen molar-refractivity contribution in [2.75, 3.05) is 11.9 Å². The molecule has 112 valence electrons. The summed E-state index contributed by atoms with van der Waals surface area (Å²) in [5.41, 5.74) is 0.0805. The van der Waals surface area contributed by atoms with Gasteiger partial charge in [-0.3, -0.25) is 0 Å². The molecule has 0 aliphatic carbocycles. The summed E-state index contributed by atoms with van der Waals surface area (Å²) in [7, 11) is 0. The summed E-state index contributed by atoms with van der Waals surface area (Å²) in [5.74, 6) is -0.198. The molecule has 0 spiro atoms. The summed E-state index contributed by atoms with van der Waals surface area (Å²) in [6.45, 7) is 6.32. The first-order chi connectivity index (χ1) is 9.59. The van der Waals surface area contributed by atoms with Crippen LogP contribution in [-0.4, -0.2) is 18.1 Å². The van der Waals surface area contributed by atoms with E-state index in [4.69, 9.17) is 16.3 Å². The molecular weight excluding hydrogens is 274 g/mol. The monoisotopic (exact) mass is 297 g/mol. The molecule has 0 saturated carbocycles. The van der Waals surface area contributed by atoms with Crippen molar-refractivity contribution in [2.24, 2.45) is 0 Å². The van der Waals surface area contributed by atoms with Crippen molar-refractivity contribution in [1.82, 2.24) is 0 Å². The number of rotatable bonds is 8. The van der Waals surface area contributed by atoms with Crippen LogP contribution in [0.15, 0.2) is 24.3 Å². The number of anilines is 1. The number of para-hydroxylation sites is 1. The highest BCUT2D eigenvalue weighted by Gasteiger charge is 2.37. The molecule has 20 heavy (non-hydrogen) atoms. The Morgan fingerprint density at radius 2 is 2.00 bits per heavy atom. The van der Waals surface area contributed by atoms with E-state index < -0.39 is 5.54 Å². The van der Waals surface area contributed by atoms with Gasteiger partial charge in [-0.05, 0) is 31.9 Å². The third-order valence-corrected chi connectivity index (χ3v) is 3.80. The number of hydrogen-bond donors (Lipinski definition) is 1. The first-order valence-electron chi connectivity index (χ1n) is 7.29. The van der Waals surface area contributed by atoms with Crippen molar-refractivity contribution < 1.29 is 9.53 Å². The summed E-state index contributed by atoms with van der Waals surface area (Å²) in [6.07, 6.45) is 3.40. The lowest BCUT2D eigenvalue weighted by Crippen LogP contribution is -2.47. The number of nitrogens with one attached hydrogen (secondary N) is 1. The Bertz CT molecular complexity index is 436. The second-order valence-electron chi connectivity index (χ2n) is 4.86. The summed E-state index contributed by atoms with van der Waals surface area (Å²) >= 11 is 6.19. The first-order valence-corrected chi connectivity index (χ1v) is 7.67. The van der Waals surface area contributed by atoms with Crippen molar-refractivity contribution in [1.29, 1.82) is 0 Å². The van der Waals surface area contributed by atoms with Crippen LogP contribution in [0.25, 0.3) is 0 Å². The maximum absolute atomic E-state index is 12.4. The normalized spacial score (nSPS) is 13.6. The van der Waals surface area contributed by atoms with Gasteiger partial charge in [0.1, 0.15) is 5.54 Å². The Labute approximate surface area is 126 Å². The molecule has 4 heteroatoms. The molecule has 1 rings (SSSR count). The van der Waals surface area contributed by atoms with Gasteiger partial charge in [0.2, 0.25) is 0 Å². The Morgan fingerprint density at radius 3 is 2.55 bits per heavy atom. The van der Waals surface area contributed by atoms with E-state index in [-0.39, 0.29) is 5.97 Å². The fraction of sp³-hybridized carbons (Fsp3) is 0.562. The van der Waals surface area contributed by atoms with Crippen molar-refractivity contribution in [3.8, 4) is 0 Å². The zero-order chi connectivity index (χ0) is 15.0. The maximum atomic E-state index is 12.4. The third kappa shape index (κ3) is 4.14. The molecule has 0 radical (unpaired) electrons. The predicted molar refractivity (Wildman–Crippen MR) is 84.3 cm³/mol. The highest BCUT2D eigenvalue weighted by atomic mass is 35.5. The quantitative estimate of drug-likeness (QED) is 0.710. The molecule has 0 amide bonds.